The van der Waals surface area contributed by atoms with Crippen molar-refractivity contribution in [3.63, 3.8) is 0 Å². The summed E-state index contributed by atoms with van der Waals surface area (Å²) in [5.41, 5.74) is 2.94. The van der Waals surface area contributed by atoms with Gasteiger partial charge in [0, 0.05) is 0 Å². The Morgan fingerprint density at radius 3 is 2.08 bits per heavy atom. The average molecular weight is 321 g/mol. The zero-order chi connectivity index (χ0) is 17.2. The highest BCUT2D eigenvalue weighted by molar-refractivity contribution is 5.64. The van der Waals surface area contributed by atoms with Crippen molar-refractivity contribution < 1.29 is 4.74 Å². The molecule has 2 nitrogen and oxygen atoms in total. The van der Waals surface area contributed by atoms with Crippen molar-refractivity contribution in [1.82, 2.24) is 0 Å². The third-order valence-corrected chi connectivity index (χ3v) is 4.36. The number of hydrogen-bond donors (Lipinski definition) is 0. The summed E-state index contributed by atoms with van der Waals surface area (Å²) < 4.78 is 5.85. The van der Waals surface area contributed by atoms with E-state index in [0.717, 1.165) is 35.8 Å². The highest BCUT2D eigenvalue weighted by Gasteiger charge is 2.02. The van der Waals surface area contributed by atoms with Crippen LogP contribution in [0.3, 0.4) is 0 Å². The molecule has 0 amide bonds. The molecule has 0 radical (unpaired) electrons. The average Bonchev–Trinajstić information content (AvgIpc) is 2.64. The summed E-state index contributed by atoms with van der Waals surface area (Å²) in [4.78, 5) is 0. The van der Waals surface area contributed by atoms with Crippen molar-refractivity contribution in [2.24, 2.45) is 5.92 Å². The van der Waals surface area contributed by atoms with E-state index >= 15 is 0 Å². The van der Waals surface area contributed by atoms with Gasteiger partial charge in [-0.3, -0.25) is 0 Å². The van der Waals surface area contributed by atoms with E-state index in [-0.39, 0.29) is 0 Å². The maximum atomic E-state index is 8.85. The molecular formula is C22H27NO. The first kappa shape index (κ1) is 18.1. The molecule has 2 aromatic carbocycles. The minimum Gasteiger partial charge on any atom is -0.494 e. The van der Waals surface area contributed by atoms with E-state index in [1.54, 1.807) is 0 Å². The third-order valence-electron chi connectivity index (χ3n) is 4.36. The molecular weight excluding hydrogens is 294 g/mol. The zero-order valence-electron chi connectivity index (χ0n) is 14.8. The van der Waals surface area contributed by atoms with Gasteiger partial charge in [0.2, 0.25) is 0 Å². The second kappa shape index (κ2) is 9.78. The van der Waals surface area contributed by atoms with Crippen molar-refractivity contribution in [2.75, 3.05) is 6.61 Å². The van der Waals surface area contributed by atoms with Crippen LogP contribution in [0.15, 0.2) is 48.5 Å². The number of ether oxygens (including phenoxy) is 1. The first-order valence-corrected chi connectivity index (χ1v) is 8.96. The van der Waals surface area contributed by atoms with Gasteiger partial charge in [-0.15, -0.1) is 0 Å². The number of nitriles is 1. The van der Waals surface area contributed by atoms with Gasteiger partial charge in [-0.05, 0) is 54.2 Å². The molecule has 0 N–H and O–H groups in total. The number of unbranched alkanes of at least 4 members (excludes halogenated alkanes) is 1. The van der Waals surface area contributed by atoms with Crippen LogP contribution in [0.5, 0.6) is 5.75 Å². The fourth-order valence-corrected chi connectivity index (χ4v) is 2.80. The number of hydrogen-bond acceptors (Lipinski definition) is 2. The van der Waals surface area contributed by atoms with Crippen LogP contribution in [0.1, 0.15) is 51.5 Å². The van der Waals surface area contributed by atoms with E-state index < -0.39 is 0 Å². The molecule has 2 rings (SSSR count). The molecule has 0 bridgehead atoms. The normalized spacial score (nSPS) is 11.7. The monoisotopic (exact) mass is 321 g/mol. The fraction of sp³-hybridized carbons (Fsp3) is 0.409. The van der Waals surface area contributed by atoms with Gasteiger partial charge in [-0.25, -0.2) is 0 Å². The Bertz CT molecular complexity index is 637. The maximum absolute atomic E-state index is 8.85. The van der Waals surface area contributed by atoms with Gasteiger partial charge in [0.05, 0.1) is 18.2 Å². The molecule has 0 aliphatic heterocycles. The predicted octanol–water partition coefficient (Wildman–Crippen LogP) is 6.21. The molecule has 0 aromatic heterocycles. The van der Waals surface area contributed by atoms with Gasteiger partial charge in [0.1, 0.15) is 5.75 Å². The number of benzene rings is 2. The molecule has 1 unspecified atom stereocenters. The van der Waals surface area contributed by atoms with Crippen molar-refractivity contribution >= 4 is 0 Å². The molecule has 0 saturated heterocycles. The van der Waals surface area contributed by atoms with Gasteiger partial charge in [0.15, 0.2) is 0 Å². The molecule has 0 aliphatic carbocycles. The smallest absolute Gasteiger partial charge is 0.119 e. The lowest BCUT2D eigenvalue weighted by Crippen LogP contribution is -2.01. The Balaban J connectivity index is 1.78. The van der Waals surface area contributed by atoms with Gasteiger partial charge in [0.25, 0.3) is 0 Å². The molecule has 0 spiro atoms. The Morgan fingerprint density at radius 1 is 0.917 bits per heavy atom. The first-order valence-electron chi connectivity index (χ1n) is 8.96. The summed E-state index contributed by atoms with van der Waals surface area (Å²) in [5.74, 6) is 1.72. The van der Waals surface area contributed by atoms with E-state index in [1.807, 2.05) is 36.4 Å². The van der Waals surface area contributed by atoms with Crippen LogP contribution in [-0.4, -0.2) is 6.61 Å². The minimum absolute atomic E-state index is 0.687. The molecule has 0 aliphatic rings. The lowest BCUT2D eigenvalue weighted by atomic mass is 9.99. The third kappa shape index (κ3) is 5.74. The van der Waals surface area contributed by atoms with Crippen molar-refractivity contribution in [2.45, 2.75) is 46.0 Å². The van der Waals surface area contributed by atoms with Crippen LogP contribution in [0, 0.1) is 17.2 Å². The lowest BCUT2D eigenvalue weighted by molar-refractivity contribution is 0.291. The molecule has 2 heteroatoms. The fourth-order valence-electron chi connectivity index (χ4n) is 2.80. The summed E-state index contributed by atoms with van der Waals surface area (Å²) in [6.45, 7) is 5.37. The molecule has 0 heterocycles. The topological polar surface area (TPSA) is 33.0 Å². The Labute approximate surface area is 146 Å². The van der Waals surface area contributed by atoms with Crippen LogP contribution in [0.2, 0.25) is 0 Å². The molecule has 126 valence electrons. The van der Waals surface area contributed by atoms with Gasteiger partial charge < -0.3 is 4.74 Å². The van der Waals surface area contributed by atoms with Crippen LogP contribution in [-0.2, 0) is 0 Å². The van der Waals surface area contributed by atoms with Crippen LogP contribution in [0.4, 0.5) is 0 Å². The Morgan fingerprint density at radius 2 is 1.50 bits per heavy atom. The largest absolute Gasteiger partial charge is 0.494 e. The maximum Gasteiger partial charge on any atom is 0.119 e. The second-order valence-corrected chi connectivity index (χ2v) is 6.45. The minimum atomic E-state index is 0.687. The summed E-state index contributed by atoms with van der Waals surface area (Å²) in [6.07, 6.45) is 6.30. The van der Waals surface area contributed by atoms with Gasteiger partial charge in [-0.1, -0.05) is 57.4 Å². The molecule has 0 saturated carbocycles. The van der Waals surface area contributed by atoms with Gasteiger partial charge >= 0.3 is 0 Å². The first-order chi connectivity index (χ1) is 11.7. The van der Waals surface area contributed by atoms with E-state index in [4.69, 9.17) is 10.00 Å². The van der Waals surface area contributed by atoms with Crippen molar-refractivity contribution in [1.29, 1.82) is 5.26 Å². The highest BCUT2D eigenvalue weighted by atomic mass is 16.5. The molecule has 0 fully saturated rings. The summed E-state index contributed by atoms with van der Waals surface area (Å²) in [5, 5.41) is 8.85. The molecule has 24 heavy (non-hydrogen) atoms. The van der Waals surface area contributed by atoms with E-state index in [9.17, 15) is 0 Å². The van der Waals surface area contributed by atoms with Crippen LogP contribution >= 0.6 is 0 Å². The van der Waals surface area contributed by atoms with Crippen LogP contribution < -0.4 is 4.74 Å². The second-order valence-electron chi connectivity index (χ2n) is 6.45. The molecule has 1 atom stereocenters. The lowest BCUT2D eigenvalue weighted by Gasteiger charge is -2.11. The number of nitrogens with zero attached hydrogens (tertiary/aromatic N) is 1. The standard InChI is InChI=1S/C22H27NO/c1-3-4-6-18(2)7-5-16-24-22-14-12-21(13-15-22)20-10-8-19(17-23)9-11-20/h8-15,18H,3-7,16H2,1-2H3. The highest BCUT2D eigenvalue weighted by Crippen LogP contribution is 2.23. The predicted molar refractivity (Wildman–Crippen MR) is 100 cm³/mol. The van der Waals surface area contributed by atoms with Crippen molar-refractivity contribution in [3.8, 4) is 22.9 Å². The number of rotatable bonds is 9. The van der Waals surface area contributed by atoms with Gasteiger partial charge in [-0.2, -0.15) is 5.26 Å². The summed E-state index contributed by atoms with van der Waals surface area (Å²) in [7, 11) is 0. The van der Waals surface area contributed by atoms with Crippen LogP contribution in [0.25, 0.3) is 11.1 Å². The summed E-state index contributed by atoms with van der Waals surface area (Å²) >= 11 is 0. The zero-order valence-corrected chi connectivity index (χ0v) is 14.8. The Kier molecular flexibility index (Phi) is 7.36. The summed E-state index contributed by atoms with van der Waals surface area (Å²) in [6, 6.07) is 18.0. The SMILES string of the molecule is CCCCC(C)CCCOc1ccc(-c2ccc(C#N)cc2)cc1. The van der Waals surface area contributed by atoms with E-state index in [1.165, 1.54) is 25.7 Å². The van der Waals surface area contributed by atoms with E-state index in [0.29, 0.717) is 5.56 Å². The quantitative estimate of drug-likeness (QED) is 0.514. The van der Waals surface area contributed by atoms with E-state index in [2.05, 4.69) is 32.0 Å². The van der Waals surface area contributed by atoms with Crippen molar-refractivity contribution in [3.05, 3.63) is 54.1 Å². The molecule has 2 aromatic rings. The Hall–Kier alpha value is -2.27.